The average molecular weight is 323 g/mol. The topological polar surface area (TPSA) is 89.6 Å². The molecule has 0 amide bonds. The monoisotopic (exact) mass is 323 g/mol. The zero-order chi connectivity index (χ0) is 15.8. The van der Waals surface area contributed by atoms with Crippen molar-refractivity contribution in [2.24, 2.45) is 0 Å². The molecule has 0 bridgehead atoms. The Morgan fingerprint density at radius 3 is 1.85 bits per heavy atom. The van der Waals surface area contributed by atoms with E-state index in [0.29, 0.717) is 18.8 Å². The van der Waals surface area contributed by atoms with Gasteiger partial charge in [0.1, 0.15) is 0 Å². The Bertz CT molecular complexity index is 545. The molecule has 0 fully saturated rings. The van der Waals surface area contributed by atoms with E-state index in [1.54, 1.807) is 32.9 Å². The molecule has 20 heavy (non-hydrogen) atoms. The molecule has 0 atom stereocenters. The maximum Gasteiger partial charge on any atom is 0.327 e. The first-order valence-electron chi connectivity index (χ1n) is 6.02. The van der Waals surface area contributed by atoms with Crippen LogP contribution in [-0.2, 0) is 28.3 Å². The molecule has 0 aliphatic rings. The van der Waals surface area contributed by atoms with E-state index in [4.69, 9.17) is 9.05 Å². The van der Waals surface area contributed by atoms with E-state index in [0.717, 1.165) is 0 Å². The van der Waals surface area contributed by atoms with E-state index in [9.17, 15) is 17.5 Å². The third kappa shape index (κ3) is 7.77. The molecule has 0 aromatic heterocycles. The lowest BCUT2D eigenvalue weighted by atomic mass is 10.2. The van der Waals surface area contributed by atoms with E-state index in [1.165, 1.54) is 18.8 Å². The molecule has 0 saturated carbocycles. The average Bonchev–Trinajstić information content (AvgIpc) is 2.28. The summed E-state index contributed by atoms with van der Waals surface area (Å²) in [5.74, 6) is 0. The summed E-state index contributed by atoms with van der Waals surface area (Å²) < 4.78 is 52.1. The first-order valence-corrected chi connectivity index (χ1v) is 9.42. The lowest BCUT2D eigenvalue weighted by molar-refractivity contribution is 0.225. The van der Waals surface area contributed by atoms with Crippen LogP contribution in [0.15, 0.2) is 29.2 Å². The molecule has 0 aliphatic heterocycles. The molecule has 0 saturated heterocycles. The first-order chi connectivity index (χ1) is 9.14. The molecule has 115 valence electrons. The lowest BCUT2D eigenvalue weighted by Gasteiger charge is -2.10. The van der Waals surface area contributed by atoms with Crippen molar-refractivity contribution in [3.63, 3.8) is 0 Å². The number of aryl methyl sites for hydroxylation is 1. The minimum atomic E-state index is -4.28. The molecule has 8 heteroatoms. The highest BCUT2D eigenvalue weighted by atomic mass is 32.2. The molecule has 1 aromatic rings. The molecular weight excluding hydrogens is 303 g/mol. The molecule has 0 aliphatic carbocycles. The zero-order valence-electron chi connectivity index (χ0n) is 12.0. The summed E-state index contributed by atoms with van der Waals surface area (Å²) in [6.07, 6.45) is 0. The molecule has 0 spiro atoms. The molecule has 1 rings (SSSR count). The van der Waals surface area contributed by atoms with Crippen LogP contribution in [0.5, 0.6) is 0 Å². The predicted molar refractivity (Wildman–Crippen MR) is 75.8 cm³/mol. The summed E-state index contributed by atoms with van der Waals surface area (Å²) >= 11 is 0. The number of hydrogen-bond acceptors (Lipinski definition) is 5. The van der Waals surface area contributed by atoms with Gasteiger partial charge in [-0.2, -0.15) is 8.42 Å². The summed E-state index contributed by atoms with van der Waals surface area (Å²) in [6, 6.07) is 6.10. The van der Waals surface area contributed by atoms with E-state index in [2.05, 4.69) is 0 Å². The Kier molecular flexibility index (Phi) is 8.23. The van der Waals surface area contributed by atoms with Crippen molar-refractivity contribution in [2.75, 3.05) is 19.9 Å². The van der Waals surface area contributed by atoms with Crippen molar-refractivity contribution in [3.8, 4) is 0 Å². The van der Waals surface area contributed by atoms with Gasteiger partial charge < -0.3 is 9.05 Å². The third-order valence-corrected chi connectivity index (χ3v) is 4.54. The highest BCUT2D eigenvalue weighted by molar-refractivity contribution is 7.85. The number of hydrogen-bond donors (Lipinski definition) is 0. The molecule has 0 heterocycles. The molecule has 0 unspecified atom stereocenters. The normalized spacial score (nSPS) is 11.7. The van der Waals surface area contributed by atoms with Crippen molar-refractivity contribution in [2.45, 2.75) is 25.7 Å². The van der Waals surface area contributed by atoms with Crippen LogP contribution in [0.1, 0.15) is 19.4 Å². The second-order valence-corrected chi connectivity index (χ2v) is 7.23. The van der Waals surface area contributed by atoms with Crippen molar-refractivity contribution < 1.29 is 26.6 Å². The van der Waals surface area contributed by atoms with Gasteiger partial charge in [-0.3, -0.25) is 4.57 Å². The summed E-state index contributed by atoms with van der Waals surface area (Å²) in [4.78, 5) is -0.139. The summed E-state index contributed by atoms with van der Waals surface area (Å²) in [7, 11) is -6.98. The Hall–Kier alpha value is -0.720. The van der Waals surface area contributed by atoms with Crippen molar-refractivity contribution in [3.05, 3.63) is 29.8 Å². The fourth-order valence-electron chi connectivity index (χ4n) is 1.34. The van der Waals surface area contributed by atoms with Crippen molar-refractivity contribution in [1.82, 2.24) is 0 Å². The van der Waals surface area contributed by atoms with Crippen LogP contribution < -0.4 is 0 Å². The van der Waals surface area contributed by atoms with Gasteiger partial charge in [0.2, 0.25) is 0 Å². The quantitative estimate of drug-likeness (QED) is 0.777. The van der Waals surface area contributed by atoms with Crippen LogP contribution >= 0.6 is 7.60 Å². The van der Waals surface area contributed by atoms with E-state index in [1.807, 2.05) is 0 Å². The SMILES string of the molecule is CCOP(C)(=O)OCC.Cc1ccccc1S([O])(=O)=O. The fraction of sp³-hybridized carbons (Fsp3) is 0.500. The second-order valence-electron chi connectivity index (χ2n) is 3.83. The standard InChI is InChI=1S/C7H7O3S.C5H13O3P/c1-6-4-2-3-5-7(6)11(8,9)10;1-4-7-9(3,6)8-5-2/h2-5H,1H3;4-5H2,1-3H3. The molecule has 1 aromatic carbocycles. The van der Waals surface area contributed by atoms with Gasteiger partial charge in [-0.05, 0) is 32.4 Å². The predicted octanol–water partition coefficient (Wildman–Crippen LogP) is 3.00. The van der Waals surface area contributed by atoms with Crippen LogP contribution in [0.25, 0.3) is 0 Å². The largest absolute Gasteiger partial charge is 0.327 e. The van der Waals surface area contributed by atoms with Crippen LogP contribution in [0.3, 0.4) is 0 Å². The molecular formula is C12H20O6PS. The van der Waals surface area contributed by atoms with Crippen molar-refractivity contribution in [1.29, 1.82) is 0 Å². The highest BCUT2D eigenvalue weighted by Gasteiger charge is 2.13. The van der Waals surface area contributed by atoms with Gasteiger partial charge in [-0.15, -0.1) is 0 Å². The van der Waals surface area contributed by atoms with Gasteiger partial charge in [0.15, 0.2) is 0 Å². The molecule has 0 N–H and O–H groups in total. The van der Waals surface area contributed by atoms with Gasteiger partial charge in [0.25, 0.3) is 0 Å². The van der Waals surface area contributed by atoms with Gasteiger partial charge in [0, 0.05) is 6.66 Å². The smallest absolute Gasteiger partial charge is 0.309 e. The summed E-state index contributed by atoms with van der Waals surface area (Å²) in [5.41, 5.74) is 0.488. The van der Waals surface area contributed by atoms with Gasteiger partial charge >= 0.3 is 17.7 Å². The number of rotatable bonds is 5. The fourth-order valence-corrected chi connectivity index (χ4v) is 3.06. The summed E-state index contributed by atoms with van der Waals surface area (Å²) in [6.45, 7) is 7.51. The van der Waals surface area contributed by atoms with Gasteiger partial charge in [-0.1, -0.05) is 22.8 Å². The van der Waals surface area contributed by atoms with Crippen LogP contribution in [0.4, 0.5) is 0 Å². The highest BCUT2D eigenvalue weighted by Crippen LogP contribution is 2.43. The first kappa shape index (κ1) is 19.3. The van der Waals surface area contributed by atoms with Crippen LogP contribution in [0, 0.1) is 6.92 Å². The van der Waals surface area contributed by atoms with Gasteiger partial charge in [-0.25, -0.2) is 0 Å². The molecule has 6 nitrogen and oxygen atoms in total. The van der Waals surface area contributed by atoms with E-state index in [-0.39, 0.29) is 4.90 Å². The van der Waals surface area contributed by atoms with E-state index >= 15 is 0 Å². The maximum absolute atomic E-state index is 11.0. The van der Waals surface area contributed by atoms with Crippen LogP contribution in [0.2, 0.25) is 0 Å². The van der Waals surface area contributed by atoms with Crippen LogP contribution in [-0.4, -0.2) is 28.3 Å². The minimum absolute atomic E-state index is 0.139. The Morgan fingerprint density at radius 2 is 1.55 bits per heavy atom. The minimum Gasteiger partial charge on any atom is -0.309 e. The lowest BCUT2D eigenvalue weighted by Crippen LogP contribution is -1.97. The Labute approximate surface area is 120 Å². The third-order valence-electron chi connectivity index (χ3n) is 2.09. The maximum atomic E-state index is 11.0. The second kappa shape index (κ2) is 8.54. The van der Waals surface area contributed by atoms with Crippen molar-refractivity contribution >= 4 is 17.7 Å². The Morgan fingerprint density at radius 1 is 1.10 bits per heavy atom. The van der Waals surface area contributed by atoms with Gasteiger partial charge in [0.05, 0.1) is 18.1 Å². The molecule has 1 radical (unpaired) electrons. The van der Waals surface area contributed by atoms with E-state index < -0.39 is 17.7 Å². The number of benzene rings is 1. The zero-order valence-corrected chi connectivity index (χ0v) is 13.7. The summed E-state index contributed by atoms with van der Waals surface area (Å²) in [5, 5.41) is 0. The Balaban J connectivity index is 0.000000370.